The number of hydrogen-bond donors (Lipinski definition) is 0. The van der Waals surface area contributed by atoms with Crippen LogP contribution in [0.2, 0.25) is 0 Å². The lowest BCUT2D eigenvalue weighted by molar-refractivity contribution is -0.384. The molecule has 0 radical (unpaired) electrons. The van der Waals surface area contributed by atoms with Crippen LogP contribution in [-0.2, 0) is 14.3 Å². The lowest BCUT2D eigenvalue weighted by Crippen LogP contribution is -2.02. The first-order chi connectivity index (χ1) is 12.8. The normalized spacial score (nSPS) is 10.1. The minimum atomic E-state index is -3.52. The zero-order valence-electron chi connectivity index (χ0n) is 14.3. The molecule has 2 rings (SSSR count). The van der Waals surface area contributed by atoms with E-state index < -0.39 is 15.0 Å². The first kappa shape index (κ1) is 20.0. The Morgan fingerprint density at radius 1 is 0.963 bits per heavy atom. The third-order valence-corrected chi connectivity index (χ3v) is 3.62. The molecule has 0 atom stereocenters. The predicted octanol–water partition coefficient (Wildman–Crippen LogP) is 2.35. The van der Waals surface area contributed by atoms with Crippen molar-refractivity contribution in [1.29, 1.82) is 0 Å². The molecule has 0 fully saturated rings. The molecular weight excluding hydrogens is 370 g/mol. The van der Waals surface area contributed by atoms with Crippen molar-refractivity contribution in [2.45, 2.75) is 0 Å². The summed E-state index contributed by atoms with van der Waals surface area (Å²) in [6.45, 7) is -0.138. The molecule has 7 nitrogen and oxygen atoms in total. The summed E-state index contributed by atoms with van der Waals surface area (Å²) in [5.74, 6) is 11.7. The van der Waals surface area contributed by atoms with E-state index in [0.717, 1.165) is 6.26 Å². The molecule has 0 aliphatic carbocycles. The van der Waals surface area contributed by atoms with Gasteiger partial charge in [-0.1, -0.05) is 35.8 Å². The van der Waals surface area contributed by atoms with E-state index in [2.05, 4.69) is 27.9 Å². The molecule has 0 amide bonds. The van der Waals surface area contributed by atoms with Gasteiger partial charge in [-0.25, -0.2) is 0 Å². The molecular formula is C19H15NO6S. The van der Waals surface area contributed by atoms with Gasteiger partial charge in [-0.15, -0.1) is 0 Å². The molecule has 2 aromatic carbocycles. The molecule has 0 bridgehead atoms. The quantitative estimate of drug-likeness (QED) is 0.339. The van der Waals surface area contributed by atoms with Crippen LogP contribution in [-0.4, -0.2) is 32.8 Å². The number of benzene rings is 2. The first-order valence-corrected chi connectivity index (χ1v) is 9.45. The molecule has 0 saturated carbocycles. The van der Waals surface area contributed by atoms with Gasteiger partial charge < -0.3 is 4.74 Å². The highest BCUT2D eigenvalue weighted by Gasteiger charge is 2.03. The van der Waals surface area contributed by atoms with Crippen molar-refractivity contribution in [1.82, 2.24) is 0 Å². The zero-order valence-corrected chi connectivity index (χ0v) is 15.2. The Morgan fingerprint density at radius 3 is 2.04 bits per heavy atom. The topological polar surface area (TPSA) is 95.7 Å². The number of ether oxygens (including phenoxy) is 1. The van der Waals surface area contributed by atoms with Gasteiger partial charge >= 0.3 is 0 Å². The van der Waals surface area contributed by atoms with Gasteiger partial charge in [-0.2, -0.15) is 8.42 Å². The van der Waals surface area contributed by atoms with Crippen molar-refractivity contribution < 1.29 is 22.3 Å². The minimum Gasteiger partial charge on any atom is -0.481 e. The van der Waals surface area contributed by atoms with Crippen molar-refractivity contribution in [3.63, 3.8) is 0 Å². The molecule has 0 aliphatic rings. The number of hydrogen-bond acceptors (Lipinski definition) is 6. The van der Waals surface area contributed by atoms with Gasteiger partial charge in [0.25, 0.3) is 15.8 Å². The lowest BCUT2D eigenvalue weighted by atomic mass is 10.1. The van der Waals surface area contributed by atoms with Gasteiger partial charge in [0.1, 0.15) is 19.0 Å². The van der Waals surface area contributed by atoms with Crippen LogP contribution in [0.5, 0.6) is 5.75 Å². The summed E-state index contributed by atoms with van der Waals surface area (Å²) in [6, 6.07) is 12.8. The largest absolute Gasteiger partial charge is 0.481 e. The van der Waals surface area contributed by atoms with Crippen LogP contribution in [0, 0.1) is 33.8 Å². The molecule has 2 aromatic rings. The molecule has 0 spiro atoms. The number of nitro groups is 1. The second-order valence-corrected chi connectivity index (χ2v) is 6.80. The Kier molecular flexibility index (Phi) is 6.95. The summed E-state index contributed by atoms with van der Waals surface area (Å²) in [5.41, 5.74) is 1.29. The molecule has 0 aromatic heterocycles. The van der Waals surface area contributed by atoms with Crippen LogP contribution in [0.3, 0.4) is 0 Å². The second-order valence-electron chi connectivity index (χ2n) is 5.16. The van der Waals surface area contributed by atoms with Crippen LogP contribution in [0.25, 0.3) is 0 Å². The van der Waals surface area contributed by atoms with E-state index in [-0.39, 0.29) is 18.9 Å². The molecule has 0 unspecified atom stereocenters. The highest BCUT2D eigenvalue weighted by atomic mass is 32.2. The van der Waals surface area contributed by atoms with Gasteiger partial charge in [-0.05, 0) is 24.3 Å². The number of rotatable bonds is 5. The van der Waals surface area contributed by atoms with Gasteiger partial charge in [-0.3, -0.25) is 14.3 Å². The maximum atomic E-state index is 10.9. The maximum Gasteiger partial charge on any atom is 0.269 e. The van der Waals surface area contributed by atoms with E-state index in [1.165, 1.54) is 24.3 Å². The number of non-ortho nitro benzene ring substituents is 1. The molecule has 8 heteroatoms. The summed E-state index contributed by atoms with van der Waals surface area (Å²) in [5, 5.41) is 10.6. The number of nitro benzene ring substituents is 1. The van der Waals surface area contributed by atoms with Crippen LogP contribution >= 0.6 is 0 Å². The van der Waals surface area contributed by atoms with Crippen molar-refractivity contribution in [3.05, 3.63) is 69.8 Å². The molecule has 0 aliphatic heterocycles. The van der Waals surface area contributed by atoms with E-state index in [9.17, 15) is 18.5 Å². The fraction of sp³-hybridized carbons (Fsp3) is 0.158. The Hall–Kier alpha value is -3.33. The summed E-state index contributed by atoms with van der Waals surface area (Å²) in [7, 11) is -3.52. The monoisotopic (exact) mass is 385 g/mol. The van der Waals surface area contributed by atoms with Crippen molar-refractivity contribution in [2.75, 3.05) is 19.5 Å². The SMILES string of the molecule is CS(=O)(=O)OCC#Cc1ccccc1C#CCOc1ccc([N+](=O)[O-])cc1. The van der Waals surface area contributed by atoms with Crippen LogP contribution in [0.1, 0.15) is 11.1 Å². The summed E-state index contributed by atoms with van der Waals surface area (Å²) < 4.78 is 31.8. The van der Waals surface area contributed by atoms with Crippen LogP contribution in [0.15, 0.2) is 48.5 Å². The van der Waals surface area contributed by atoms with Gasteiger partial charge in [0.05, 0.1) is 11.2 Å². The Morgan fingerprint density at radius 2 is 1.52 bits per heavy atom. The average molecular weight is 385 g/mol. The Balaban J connectivity index is 1.98. The maximum absolute atomic E-state index is 10.9. The third-order valence-electron chi connectivity index (χ3n) is 3.08. The van der Waals surface area contributed by atoms with Gasteiger partial charge in [0.15, 0.2) is 0 Å². The van der Waals surface area contributed by atoms with E-state index in [1.54, 1.807) is 24.3 Å². The van der Waals surface area contributed by atoms with Crippen molar-refractivity contribution >= 4 is 15.8 Å². The molecule has 0 N–H and O–H groups in total. The molecule has 0 saturated heterocycles. The van der Waals surface area contributed by atoms with Gasteiger partial charge in [0.2, 0.25) is 0 Å². The van der Waals surface area contributed by atoms with E-state index in [4.69, 9.17) is 4.74 Å². The molecule has 0 heterocycles. The highest BCUT2D eigenvalue weighted by molar-refractivity contribution is 7.86. The standard InChI is InChI=1S/C19H15NO6S/c1-27(23,24)26-15-5-9-17-7-3-2-6-16(17)8-4-14-25-19-12-10-18(11-13-19)20(21)22/h2-3,6-7,10-13H,14-15H2,1H3. The van der Waals surface area contributed by atoms with Crippen molar-refractivity contribution in [2.24, 2.45) is 0 Å². The lowest BCUT2D eigenvalue weighted by Gasteiger charge is -2.00. The van der Waals surface area contributed by atoms with Gasteiger partial charge in [0, 0.05) is 23.3 Å². The molecule has 27 heavy (non-hydrogen) atoms. The van der Waals surface area contributed by atoms with E-state index in [1.807, 2.05) is 0 Å². The zero-order chi connectivity index (χ0) is 19.7. The van der Waals surface area contributed by atoms with Crippen LogP contribution < -0.4 is 4.74 Å². The predicted molar refractivity (Wildman–Crippen MR) is 99.6 cm³/mol. The minimum absolute atomic E-state index is 0.0132. The number of nitrogens with zero attached hydrogens (tertiary/aromatic N) is 1. The van der Waals surface area contributed by atoms with Crippen LogP contribution in [0.4, 0.5) is 5.69 Å². The van der Waals surface area contributed by atoms with E-state index in [0.29, 0.717) is 16.9 Å². The third kappa shape index (κ3) is 7.20. The second kappa shape index (κ2) is 9.39. The Labute approximate surface area is 157 Å². The highest BCUT2D eigenvalue weighted by Crippen LogP contribution is 2.17. The fourth-order valence-corrected chi connectivity index (χ4v) is 2.16. The van der Waals surface area contributed by atoms with E-state index >= 15 is 0 Å². The average Bonchev–Trinajstić information content (AvgIpc) is 2.63. The van der Waals surface area contributed by atoms with Crippen molar-refractivity contribution in [3.8, 4) is 29.4 Å². The first-order valence-electron chi connectivity index (χ1n) is 7.63. The molecule has 138 valence electrons. The summed E-state index contributed by atoms with van der Waals surface area (Å²) >= 11 is 0. The fourth-order valence-electron chi connectivity index (χ4n) is 1.88. The Bertz CT molecular complexity index is 1040. The summed E-state index contributed by atoms with van der Waals surface area (Å²) in [4.78, 5) is 10.1. The summed E-state index contributed by atoms with van der Waals surface area (Å²) in [6.07, 6.45) is 0.957. The smallest absolute Gasteiger partial charge is 0.269 e.